The molecule has 1 aliphatic rings. The predicted octanol–water partition coefficient (Wildman–Crippen LogP) is 6.96. The van der Waals surface area contributed by atoms with E-state index in [9.17, 15) is 10.1 Å². The Hall–Kier alpha value is -4.33. The molecule has 9 nitrogen and oxygen atoms in total. The number of halogens is 2. The molecule has 1 aliphatic heterocycles. The van der Waals surface area contributed by atoms with Gasteiger partial charge in [-0.2, -0.15) is 5.26 Å². The third-order valence-electron chi connectivity index (χ3n) is 6.78. The Bertz CT molecular complexity index is 1710. The van der Waals surface area contributed by atoms with Crippen molar-refractivity contribution in [2.75, 3.05) is 44.5 Å². The number of aromatic nitrogens is 1. The topological polar surface area (TPSA) is 109 Å². The molecule has 4 aromatic rings. The summed E-state index contributed by atoms with van der Waals surface area (Å²) in [4.78, 5) is 19.3. The first-order chi connectivity index (χ1) is 21.3. The van der Waals surface area contributed by atoms with Crippen LogP contribution in [0.2, 0.25) is 10.0 Å². The Morgan fingerprint density at radius 3 is 2.68 bits per heavy atom. The molecule has 0 radical (unpaired) electrons. The number of carbonyl (C=O) groups is 1. The van der Waals surface area contributed by atoms with Gasteiger partial charge in [-0.05, 0) is 56.1 Å². The summed E-state index contributed by atoms with van der Waals surface area (Å²) in [7, 11) is 3.84. The van der Waals surface area contributed by atoms with E-state index in [4.69, 9.17) is 37.4 Å². The minimum absolute atomic E-state index is 0.147. The number of hydrogen-bond acceptors (Lipinski definition) is 8. The molecule has 1 atom stereocenters. The molecule has 1 saturated heterocycles. The van der Waals surface area contributed by atoms with Crippen LogP contribution in [0.15, 0.2) is 72.9 Å². The summed E-state index contributed by atoms with van der Waals surface area (Å²) in [6.07, 6.45) is 5.35. The van der Waals surface area contributed by atoms with Crippen LogP contribution in [0, 0.1) is 11.3 Å². The first-order valence-corrected chi connectivity index (χ1v) is 14.7. The van der Waals surface area contributed by atoms with Crippen molar-refractivity contribution in [2.24, 2.45) is 0 Å². The van der Waals surface area contributed by atoms with Crippen molar-refractivity contribution in [3.05, 3.63) is 94.1 Å². The predicted molar refractivity (Wildman–Crippen MR) is 173 cm³/mol. The maximum Gasteiger partial charge on any atom is 0.248 e. The van der Waals surface area contributed by atoms with Crippen molar-refractivity contribution in [2.45, 2.75) is 19.1 Å². The largest absolute Gasteiger partial charge is 0.487 e. The lowest BCUT2D eigenvalue weighted by atomic mass is 10.1. The van der Waals surface area contributed by atoms with Crippen LogP contribution in [-0.2, 0) is 16.1 Å². The molecule has 3 aromatic carbocycles. The van der Waals surface area contributed by atoms with Crippen LogP contribution in [0.1, 0.15) is 17.5 Å². The van der Waals surface area contributed by atoms with Gasteiger partial charge in [0.15, 0.2) is 0 Å². The number of benzene rings is 3. The van der Waals surface area contributed by atoms with Crippen LogP contribution in [0.25, 0.3) is 10.9 Å². The summed E-state index contributed by atoms with van der Waals surface area (Å²) in [5.74, 6) is 0.673. The van der Waals surface area contributed by atoms with Gasteiger partial charge in [0, 0.05) is 47.4 Å². The van der Waals surface area contributed by atoms with Crippen LogP contribution in [0.3, 0.4) is 0 Å². The van der Waals surface area contributed by atoms with Gasteiger partial charge in [0.2, 0.25) is 5.91 Å². The second-order valence-corrected chi connectivity index (χ2v) is 11.3. The Morgan fingerprint density at radius 2 is 1.98 bits per heavy atom. The quantitative estimate of drug-likeness (QED) is 0.171. The number of amides is 1. The third kappa shape index (κ3) is 7.98. The fraction of sp³-hybridized carbons (Fsp3) is 0.242. The lowest BCUT2D eigenvalue weighted by Gasteiger charge is -2.19. The van der Waals surface area contributed by atoms with Crippen LogP contribution >= 0.6 is 23.2 Å². The average molecular weight is 633 g/mol. The number of nitrogens with one attached hydrogen (secondary N) is 2. The second kappa shape index (κ2) is 14.4. The van der Waals surface area contributed by atoms with E-state index in [0.717, 1.165) is 12.0 Å². The maximum absolute atomic E-state index is 12.8. The minimum atomic E-state index is -0.307. The van der Waals surface area contributed by atoms with Crippen LogP contribution in [0.4, 0.5) is 17.1 Å². The van der Waals surface area contributed by atoms with Gasteiger partial charge in [0.25, 0.3) is 0 Å². The number of nitrogens with zero attached hydrogens (tertiary/aromatic N) is 3. The Balaban J connectivity index is 1.44. The molecule has 1 amide bonds. The standard InChI is InChI=1S/C33H31Cl2N5O4/c1-40(2)12-3-4-32(41)39-29-15-26-28(16-31(29)44-25-11-13-42-20-25)37-18-22(17-36)33(26)38-24-9-10-30(27(35)14-24)43-19-21-5-7-23(34)8-6-21/h3-10,14-16,18,25H,11-13,19-20H2,1-2H3,(H,37,38)(H,39,41)/b4-3+. The summed E-state index contributed by atoms with van der Waals surface area (Å²) in [5.41, 5.74) is 3.45. The van der Waals surface area contributed by atoms with E-state index < -0.39 is 0 Å². The van der Waals surface area contributed by atoms with E-state index >= 15 is 0 Å². The first kappa shape index (κ1) is 31.1. The lowest BCUT2D eigenvalue weighted by molar-refractivity contribution is -0.111. The molecule has 226 valence electrons. The maximum atomic E-state index is 12.8. The molecule has 11 heteroatoms. The van der Waals surface area contributed by atoms with Gasteiger partial charge < -0.3 is 29.7 Å². The number of rotatable bonds is 11. The van der Waals surface area contributed by atoms with Gasteiger partial charge >= 0.3 is 0 Å². The zero-order valence-corrected chi connectivity index (χ0v) is 25.8. The van der Waals surface area contributed by atoms with Gasteiger partial charge in [-0.25, -0.2) is 0 Å². The molecule has 44 heavy (non-hydrogen) atoms. The second-order valence-electron chi connectivity index (χ2n) is 10.5. The average Bonchev–Trinajstić information content (AvgIpc) is 3.51. The molecule has 0 bridgehead atoms. The van der Waals surface area contributed by atoms with E-state index in [1.807, 2.05) is 37.2 Å². The van der Waals surface area contributed by atoms with Crippen LogP contribution in [0.5, 0.6) is 11.5 Å². The highest BCUT2D eigenvalue weighted by Gasteiger charge is 2.21. The minimum Gasteiger partial charge on any atom is -0.487 e. The highest BCUT2D eigenvalue weighted by molar-refractivity contribution is 6.32. The Labute approximate surface area is 265 Å². The molecule has 5 rings (SSSR count). The third-order valence-corrected chi connectivity index (χ3v) is 7.33. The Morgan fingerprint density at radius 1 is 1.16 bits per heavy atom. The molecular weight excluding hydrogens is 601 g/mol. The number of likely N-dealkylation sites (N-methyl/N-ethyl adjacent to an activating group) is 1. The monoisotopic (exact) mass is 631 g/mol. The highest BCUT2D eigenvalue weighted by Crippen LogP contribution is 2.38. The summed E-state index contributed by atoms with van der Waals surface area (Å²) in [6.45, 7) is 2.01. The molecule has 2 N–H and O–H groups in total. The highest BCUT2D eigenvalue weighted by atomic mass is 35.5. The van der Waals surface area contributed by atoms with Crippen molar-refractivity contribution in [3.8, 4) is 17.6 Å². The fourth-order valence-corrected chi connectivity index (χ4v) is 4.91. The van der Waals surface area contributed by atoms with Crippen molar-refractivity contribution < 1.29 is 19.0 Å². The smallest absolute Gasteiger partial charge is 0.248 e. The summed E-state index contributed by atoms with van der Waals surface area (Å²) in [6, 6.07) is 18.4. The van der Waals surface area contributed by atoms with Crippen molar-refractivity contribution in [1.29, 1.82) is 5.26 Å². The molecular formula is C33H31Cl2N5O4. The molecule has 1 unspecified atom stereocenters. The Kier molecular flexibility index (Phi) is 10.2. The molecule has 1 aromatic heterocycles. The van der Waals surface area contributed by atoms with Crippen LogP contribution < -0.4 is 20.1 Å². The van der Waals surface area contributed by atoms with Crippen molar-refractivity contribution in [1.82, 2.24) is 9.88 Å². The number of nitriles is 1. The molecule has 2 heterocycles. The normalized spacial score (nSPS) is 14.6. The zero-order valence-electron chi connectivity index (χ0n) is 24.3. The van der Waals surface area contributed by atoms with Gasteiger partial charge in [-0.1, -0.05) is 41.4 Å². The summed E-state index contributed by atoms with van der Waals surface area (Å²) < 4.78 is 17.6. The van der Waals surface area contributed by atoms with Crippen molar-refractivity contribution >= 4 is 57.1 Å². The first-order valence-electron chi connectivity index (χ1n) is 14.0. The van der Waals surface area contributed by atoms with Gasteiger partial charge in [-0.3, -0.25) is 9.78 Å². The van der Waals surface area contributed by atoms with Gasteiger partial charge in [0.05, 0.1) is 40.7 Å². The van der Waals surface area contributed by atoms with Crippen molar-refractivity contribution in [3.63, 3.8) is 0 Å². The fourth-order valence-electron chi connectivity index (χ4n) is 4.55. The summed E-state index contributed by atoms with van der Waals surface area (Å²) in [5, 5.41) is 17.9. The molecule has 0 aliphatic carbocycles. The zero-order chi connectivity index (χ0) is 31.1. The molecule has 1 fully saturated rings. The number of anilines is 3. The number of pyridine rings is 1. The van der Waals surface area contributed by atoms with E-state index in [1.165, 1.54) is 12.3 Å². The molecule has 0 saturated carbocycles. The summed E-state index contributed by atoms with van der Waals surface area (Å²) >= 11 is 12.5. The van der Waals surface area contributed by atoms with Crippen LogP contribution in [-0.4, -0.2) is 55.7 Å². The number of carbonyl (C=O) groups excluding carboxylic acids is 1. The van der Waals surface area contributed by atoms with E-state index in [0.29, 0.717) is 81.4 Å². The van der Waals surface area contributed by atoms with Gasteiger partial charge in [0.1, 0.15) is 30.3 Å². The lowest BCUT2D eigenvalue weighted by Crippen LogP contribution is -2.18. The van der Waals surface area contributed by atoms with E-state index in [2.05, 4.69) is 21.7 Å². The van der Waals surface area contributed by atoms with E-state index in [-0.39, 0.29) is 12.0 Å². The number of hydrogen-bond donors (Lipinski definition) is 2. The SMILES string of the molecule is CN(C)C/C=C/C(=O)Nc1cc2c(Nc3ccc(OCc4ccc(Cl)cc4)c(Cl)c3)c(C#N)cnc2cc1OC1CCOC1. The number of ether oxygens (including phenoxy) is 3. The van der Waals surface area contributed by atoms with Gasteiger partial charge in [-0.15, -0.1) is 0 Å². The van der Waals surface area contributed by atoms with E-state index in [1.54, 1.807) is 42.5 Å². The molecule has 0 spiro atoms. The number of fused-ring (bicyclic) bond motifs is 1.